The number of carbonyl (C=O) groups is 1. The lowest BCUT2D eigenvalue weighted by molar-refractivity contribution is -0.115. The zero-order valence-electron chi connectivity index (χ0n) is 18.7. The highest BCUT2D eigenvalue weighted by atomic mass is 32.2. The van der Waals surface area contributed by atoms with Gasteiger partial charge in [0.25, 0.3) is 5.56 Å². The second kappa shape index (κ2) is 8.71. The Balaban J connectivity index is 1.79. The van der Waals surface area contributed by atoms with Crippen LogP contribution < -0.4 is 16.0 Å². The molecule has 0 saturated heterocycles. The maximum Gasteiger partial charge on any atom is 0.263 e. The molecule has 2 aliphatic carbocycles. The number of methoxy groups -OCH3 is 1. The van der Waals surface area contributed by atoms with E-state index in [1.165, 1.54) is 23.7 Å². The average Bonchev–Trinajstić information content (AvgIpc) is 2.83. The van der Waals surface area contributed by atoms with Gasteiger partial charge < -0.3 is 10.5 Å². The van der Waals surface area contributed by atoms with Crippen LogP contribution in [0, 0.1) is 0 Å². The Morgan fingerprint density at radius 1 is 1.12 bits per heavy atom. The number of nitrogens with zero attached hydrogens (tertiary/aromatic N) is 2. The molecule has 1 saturated carbocycles. The number of ether oxygens (including phenoxy) is 1. The van der Waals surface area contributed by atoms with E-state index in [0.29, 0.717) is 16.6 Å². The van der Waals surface area contributed by atoms with Crippen LogP contribution in [0.4, 0.5) is 0 Å². The number of hydrogen-bond donors (Lipinski definition) is 1. The van der Waals surface area contributed by atoms with E-state index in [1.807, 2.05) is 30.3 Å². The minimum Gasteiger partial charge on any atom is -0.497 e. The Morgan fingerprint density at radius 3 is 2.55 bits per heavy atom. The van der Waals surface area contributed by atoms with Crippen LogP contribution in [0.15, 0.2) is 58.5 Å². The zero-order chi connectivity index (χ0) is 23.0. The molecule has 170 valence electrons. The van der Waals surface area contributed by atoms with Crippen molar-refractivity contribution in [3.8, 4) is 22.7 Å². The summed E-state index contributed by atoms with van der Waals surface area (Å²) in [6, 6.07) is 15.6. The van der Waals surface area contributed by atoms with Crippen LogP contribution in [-0.4, -0.2) is 28.3 Å². The van der Waals surface area contributed by atoms with E-state index in [-0.39, 0.29) is 16.7 Å². The molecule has 0 unspecified atom stereocenters. The van der Waals surface area contributed by atoms with Crippen LogP contribution in [0.5, 0.6) is 5.75 Å². The number of aromatic nitrogens is 2. The second-order valence-corrected chi connectivity index (χ2v) is 9.83. The highest BCUT2D eigenvalue weighted by Crippen LogP contribution is 2.49. The number of rotatable bonds is 5. The van der Waals surface area contributed by atoms with Crippen LogP contribution in [0.2, 0.25) is 0 Å². The van der Waals surface area contributed by atoms with E-state index in [2.05, 4.69) is 18.2 Å². The first-order chi connectivity index (χ1) is 16.0. The van der Waals surface area contributed by atoms with E-state index in [1.54, 1.807) is 11.7 Å². The first-order valence-corrected chi connectivity index (χ1v) is 12.3. The number of hydrogen-bond acceptors (Lipinski definition) is 5. The summed E-state index contributed by atoms with van der Waals surface area (Å²) in [5.74, 6) is 0.313. The number of amides is 1. The fourth-order valence-corrected chi connectivity index (χ4v) is 6.12. The maximum absolute atomic E-state index is 14.3. The molecule has 2 aliphatic rings. The Labute approximate surface area is 197 Å². The van der Waals surface area contributed by atoms with E-state index in [9.17, 15) is 9.59 Å². The van der Waals surface area contributed by atoms with Crippen molar-refractivity contribution in [3.63, 3.8) is 0 Å². The highest BCUT2D eigenvalue weighted by molar-refractivity contribution is 7.99. The van der Waals surface area contributed by atoms with Gasteiger partial charge >= 0.3 is 0 Å². The standard InChI is InChI=1S/C26H27N3O3S/c1-32-19-11-9-18(10-12-19)29-24(31)22-23(28-25(29)33-16-21(27)30)20-8-4-3-7-17(20)15-26(22)13-5-2-6-14-26/h3-4,7-12H,2,5-6,13-16H2,1H3,(H2,27,30). The van der Waals surface area contributed by atoms with E-state index >= 15 is 0 Å². The lowest BCUT2D eigenvalue weighted by Crippen LogP contribution is -2.43. The first kappa shape index (κ1) is 21.8. The van der Waals surface area contributed by atoms with Gasteiger partial charge in [0.2, 0.25) is 5.91 Å². The number of carbonyl (C=O) groups excluding carboxylic acids is 1. The molecule has 0 radical (unpaired) electrons. The van der Waals surface area contributed by atoms with E-state index in [0.717, 1.165) is 48.9 Å². The second-order valence-electron chi connectivity index (χ2n) is 8.89. The fourth-order valence-electron chi connectivity index (χ4n) is 5.38. The Bertz CT molecular complexity index is 1260. The Kier molecular flexibility index (Phi) is 5.74. The highest BCUT2D eigenvalue weighted by Gasteiger charge is 2.43. The average molecular weight is 462 g/mol. The maximum atomic E-state index is 14.3. The van der Waals surface area contributed by atoms with E-state index in [4.69, 9.17) is 15.5 Å². The fraction of sp³-hybridized carbons (Fsp3) is 0.346. The summed E-state index contributed by atoms with van der Waals surface area (Å²) in [6.45, 7) is 0. The summed E-state index contributed by atoms with van der Waals surface area (Å²) in [5, 5.41) is 0.477. The van der Waals surface area contributed by atoms with Gasteiger partial charge in [0.1, 0.15) is 5.75 Å². The molecule has 33 heavy (non-hydrogen) atoms. The largest absolute Gasteiger partial charge is 0.497 e. The lowest BCUT2D eigenvalue weighted by atomic mass is 9.62. The summed E-state index contributed by atoms with van der Waals surface area (Å²) in [7, 11) is 1.61. The molecule has 6 nitrogen and oxygen atoms in total. The SMILES string of the molecule is COc1ccc(-n2c(SCC(N)=O)nc3c(c2=O)C2(CCCCC2)Cc2ccccc2-3)cc1. The smallest absolute Gasteiger partial charge is 0.263 e. The van der Waals surface area contributed by atoms with Gasteiger partial charge in [-0.1, -0.05) is 55.3 Å². The molecule has 3 aromatic rings. The third-order valence-corrected chi connectivity index (χ3v) is 7.83. The molecule has 1 fully saturated rings. The summed E-state index contributed by atoms with van der Waals surface area (Å²) >= 11 is 1.20. The third kappa shape index (κ3) is 3.84. The first-order valence-electron chi connectivity index (χ1n) is 11.3. The van der Waals surface area contributed by atoms with Gasteiger partial charge in [-0.15, -0.1) is 0 Å². The lowest BCUT2D eigenvalue weighted by Gasteiger charge is -2.42. The van der Waals surface area contributed by atoms with Gasteiger partial charge in [0, 0.05) is 11.0 Å². The summed E-state index contributed by atoms with van der Waals surface area (Å²) in [4.78, 5) is 30.9. The molecule has 1 spiro atoms. The van der Waals surface area contributed by atoms with Gasteiger partial charge in [-0.2, -0.15) is 0 Å². The van der Waals surface area contributed by atoms with Crippen molar-refractivity contribution in [2.45, 2.75) is 49.1 Å². The van der Waals surface area contributed by atoms with Crippen molar-refractivity contribution in [3.05, 3.63) is 70.0 Å². The predicted octanol–water partition coefficient (Wildman–Crippen LogP) is 4.24. The molecule has 0 atom stereocenters. The predicted molar refractivity (Wildman–Crippen MR) is 130 cm³/mol. The molecule has 1 amide bonds. The molecule has 2 N–H and O–H groups in total. The Hall–Kier alpha value is -3.06. The van der Waals surface area contributed by atoms with Crippen molar-refractivity contribution >= 4 is 17.7 Å². The van der Waals surface area contributed by atoms with Crippen LogP contribution >= 0.6 is 11.8 Å². The molecule has 1 heterocycles. The third-order valence-electron chi connectivity index (χ3n) is 6.87. The van der Waals surface area contributed by atoms with Crippen LogP contribution in [0.3, 0.4) is 0 Å². The number of benzene rings is 2. The van der Waals surface area contributed by atoms with Gasteiger partial charge in [0.05, 0.1) is 29.8 Å². The van der Waals surface area contributed by atoms with Crippen molar-refractivity contribution in [2.24, 2.45) is 5.73 Å². The van der Waals surface area contributed by atoms with Crippen LogP contribution in [0.1, 0.15) is 43.2 Å². The van der Waals surface area contributed by atoms with Gasteiger partial charge in [-0.25, -0.2) is 4.98 Å². The number of primary amides is 1. The molecule has 2 aromatic carbocycles. The number of thioether (sulfide) groups is 1. The normalized spacial score (nSPS) is 16.2. The molecule has 0 aliphatic heterocycles. The molecule has 5 rings (SSSR count). The van der Waals surface area contributed by atoms with Crippen molar-refractivity contribution in [2.75, 3.05) is 12.9 Å². The van der Waals surface area contributed by atoms with Crippen LogP contribution in [0.25, 0.3) is 16.9 Å². The molecular formula is C26H27N3O3S. The Morgan fingerprint density at radius 2 is 1.85 bits per heavy atom. The summed E-state index contributed by atoms with van der Waals surface area (Å²) < 4.78 is 6.94. The monoisotopic (exact) mass is 461 g/mol. The molecule has 0 bridgehead atoms. The number of fused-ring (bicyclic) bond motifs is 4. The van der Waals surface area contributed by atoms with Crippen molar-refractivity contribution < 1.29 is 9.53 Å². The van der Waals surface area contributed by atoms with Crippen molar-refractivity contribution in [1.82, 2.24) is 9.55 Å². The molecular weight excluding hydrogens is 434 g/mol. The van der Waals surface area contributed by atoms with Gasteiger partial charge in [-0.05, 0) is 49.1 Å². The minimum absolute atomic E-state index is 0.0476. The van der Waals surface area contributed by atoms with E-state index < -0.39 is 5.91 Å². The topological polar surface area (TPSA) is 87.2 Å². The van der Waals surface area contributed by atoms with Crippen molar-refractivity contribution in [1.29, 1.82) is 0 Å². The number of nitrogens with two attached hydrogens (primary N) is 1. The molecule has 1 aromatic heterocycles. The summed E-state index contributed by atoms with van der Waals surface area (Å²) in [5.41, 5.74) is 9.74. The van der Waals surface area contributed by atoms with Crippen LogP contribution in [-0.2, 0) is 16.6 Å². The molecule has 7 heteroatoms. The van der Waals surface area contributed by atoms with Gasteiger partial charge in [-0.3, -0.25) is 14.2 Å². The summed E-state index contributed by atoms with van der Waals surface area (Å²) in [6.07, 6.45) is 6.27. The minimum atomic E-state index is -0.447. The zero-order valence-corrected chi connectivity index (χ0v) is 19.5. The van der Waals surface area contributed by atoms with Gasteiger partial charge in [0.15, 0.2) is 5.16 Å². The quantitative estimate of drug-likeness (QED) is 0.454.